The molecule has 3 atom stereocenters. The second-order valence-corrected chi connectivity index (χ2v) is 7.41. The lowest BCUT2D eigenvalue weighted by atomic mass is 9.67. The number of rotatable bonds is 7. The highest BCUT2D eigenvalue weighted by Crippen LogP contribution is 2.40. The molecule has 3 rings (SSSR count). The number of carbonyl (C=O) groups is 3. The molecule has 0 aliphatic heterocycles. The molecular weight excluding hydrogens is 346 g/mol. The molecule has 1 aromatic carbocycles. The molecule has 2 aliphatic rings. The van der Waals surface area contributed by atoms with Crippen LogP contribution in [0.3, 0.4) is 0 Å². The number of para-hydroxylation sites is 1. The summed E-state index contributed by atoms with van der Waals surface area (Å²) in [5.74, 6) is 0.202. The largest absolute Gasteiger partial charge is 0.496 e. The average molecular weight is 373 g/mol. The summed E-state index contributed by atoms with van der Waals surface area (Å²) in [6.07, 6.45) is 4.60. The van der Waals surface area contributed by atoms with Crippen molar-refractivity contribution in [2.24, 2.45) is 17.8 Å². The maximum atomic E-state index is 12.3. The van der Waals surface area contributed by atoms with Crippen LogP contribution in [-0.2, 0) is 25.5 Å². The van der Waals surface area contributed by atoms with Crippen LogP contribution in [0, 0.1) is 17.8 Å². The van der Waals surface area contributed by atoms with Gasteiger partial charge in [-0.2, -0.15) is 0 Å². The van der Waals surface area contributed by atoms with Crippen molar-refractivity contribution in [1.29, 1.82) is 0 Å². The normalized spacial score (nSPS) is 24.2. The molecule has 27 heavy (non-hydrogen) atoms. The summed E-state index contributed by atoms with van der Waals surface area (Å²) in [6, 6.07) is 7.65. The number of ketones is 1. The van der Waals surface area contributed by atoms with Gasteiger partial charge in [-0.05, 0) is 43.7 Å². The number of methoxy groups -OCH3 is 1. The van der Waals surface area contributed by atoms with Gasteiger partial charge in [0.05, 0.1) is 13.0 Å². The topological polar surface area (TPSA) is 81.7 Å². The Hall–Kier alpha value is -2.37. The van der Waals surface area contributed by atoms with E-state index in [1.807, 2.05) is 24.3 Å². The van der Waals surface area contributed by atoms with Crippen molar-refractivity contribution in [1.82, 2.24) is 5.32 Å². The van der Waals surface area contributed by atoms with Gasteiger partial charge >= 0.3 is 5.97 Å². The maximum absolute atomic E-state index is 12.3. The van der Waals surface area contributed by atoms with Crippen molar-refractivity contribution >= 4 is 17.7 Å². The molecule has 1 unspecified atom stereocenters. The summed E-state index contributed by atoms with van der Waals surface area (Å²) in [6.45, 7) is 0.170. The third-order valence-electron chi connectivity index (χ3n) is 5.64. The predicted octanol–water partition coefficient (Wildman–Crippen LogP) is 2.29. The molecule has 6 heteroatoms. The van der Waals surface area contributed by atoms with Crippen LogP contribution in [0.15, 0.2) is 24.3 Å². The molecule has 0 saturated heterocycles. The van der Waals surface area contributed by atoms with E-state index in [2.05, 4.69) is 5.32 Å². The van der Waals surface area contributed by atoms with Crippen LogP contribution in [0.1, 0.15) is 37.7 Å². The van der Waals surface area contributed by atoms with E-state index < -0.39 is 0 Å². The Morgan fingerprint density at radius 2 is 1.85 bits per heavy atom. The number of amides is 1. The van der Waals surface area contributed by atoms with Gasteiger partial charge in [-0.15, -0.1) is 0 Å². The summed E-state index contributed by atoms with van der Waals surface area (Å²) < 4.78 is 10.5. The molecule has 6 nitrogen and oxygen atoms in total. The Balaban J connectivity index is 1.39. The minimum Gasteiger partial charge on any atom is -0.496 e. The maximum Gasteiger partial charge on any atom is 0.309 e. The van der Waals surface area contributed by atoms with E-state index in [9.17, 15) is 14.4 Å². The number of esters is 1. The fraction of sp³-hybridized carbons (Fsp3) is 0.571. The molecular formula is C21H27NO5. The van der Waals surface area contributed by atoms with E-state index in [0.717, 1.165) is 30.6 Å². The molecule has 0 aromatic heterocycles. The van der Waals surface area contributed by atoms with Gasteiger partial charge in [0.25, 0.3) is 5.91 Å². The highest BCUT2D eigenvalue weighted by atomic mass is 16.5. The first-order valence-electron chi connectivity index (χ1n) is 9.67. The van der Waals surface area contributed by atoms with E-state index >= 15 is 0 Å². The fourth-order valence-corrected chi connectivity index (χ4v) is 4.22. The van der Waals surface area contributed by atoms with Crippen molar-refractivity contribution in [3.8, 4) is 5.75 Å². The summed E-state index contributed by atoms with van der Waals surface area (Å²) in [7, 11) is 1.61. The molecule has 0 heterocycles. The van der Waals surface area contributed by atoms with Crippen LogP contribution < -0.4 is 10.1 Å². The van der Waals surface area contributed by atoms with Crippen LogP contribution in [-0.4, -0.2) is 37.9 Å². The SMILES string of the molecule is COc1ccccc1CCNC(=O)COC(=O)C1C[C@H]2CCC[C@@H](C1)C2=O. The Labute approximate surface area is 159 Å². The van der Waals surface area contributed by atoms with Gasteiger partial charge < -0.3 is 14.8 Å². The predicted molar refractivity (Wildman–Crippen MR) is 99.2 cm³/mol. The summed E-state index contributed by atoms with van der Waals surface area (Å²) in [5, 5.41) is 2.76. The Kier molecular flexibility index (Phi) is 6.48. The summed E-state index contributed by atoms with van der Waals surface area (Å²) >= 11 is 0. The molecule has 0 radical (unpaired) electrons. The number of benzene rings is 1. The van der Waals surface area contributed by atoms with Crippen molar-refractivity contribution in [2.75, 3.05) is 20.3 Å². The monoisotopic (exact) mass is 373 g/mol. The van der Waals surface area contributed by atoms with Crippen molar-refractivity contribution in [3.05, 3.63) is 29.8 Å². The van der Waals surface area contributed by atoms with Crippen molar-refractivity contribution in [2.45, 2.75) is 38.5 Å². The third-order valence-corrected chi connectivity index (χ3v) is 5.64. The van der Waals surface area contributed by atoms with Crippen LogP contribution in [0.5, 0.6) is 5.75 Å². The van der Waals surface area contributed by atoms with Crippen LogP contribution >= 0.6 is 0 Å². The number of hydrogen-bond acceptors (Lipinski definition) is 5. The second kappa shape index (κ2) is 9.02. The molecule has 0 spiro atoms. The van der Waals surface area contributed by atoms with Crippen molar-refractivity contribution < 1.29 is 23.9 Å². The lowest BCUT2D eigenvalue weighted by Gasteiger charge is -2.36. The van der Waals surface area contributed by atoms with E-state index in [-0.39, 0.29) is 36.2 Å². The van der Waals surface area contributed by atoms with Gasteiger partial charge in [0, 0.05) is 18.4 Å². The zero-order valence-electron chi connectivity index (χ0n) is 15.7. The second-order valence-electron chi connectivity index (χ2n) is 7.41. The van der Waals surface area contributed by atoms with Gasteiger partial charge in [-0.3, -0.25) is 14.4 Å². The summed E-state index contributed by atoms with van der Waals surface area (Å²) in [5.41, 5.74) is 1.01. The first kappa shape index (κ1) is 19.4. The number of hydrogen-bond donors (Lipinski definition) is 1. The summed E-state index contributed by atoms with van der Waals surface area (Å²) in [4.78, 5) is 36.3. The Morgan fingerprint density at radius 3 is 2.56 bits per heavy atom. The molecule has 2 fully saturated rings. The molecule has 1 aromatic rings. The van der Waals surface area contributed by atoms with Gasteiger partial charge in [0.15, 0.2) is 6.61 Å². The Bertz CT molecular complexity index is 686. The molecule has 1 amide bonds. The Morgan fingerprint density at radius 1 is 1.15 bits per heavy atom. The van der Waals surface area contributed by atoms with Gasteiger partial charge in [0.2, 0.25) is 0 Å². The zero-order chi connectivity index (χ0) is 19.2. The first-order chi connectivity index (χ1) is 13.1. The quantitative estimate of drug-likeness (QED) is 0.742. The highest BCUT2D eigenvalue weighted by molar-refractivity contribution is 5.87. The van der Waals surface area contributed by atoms with Crippen LogP contribution in [0.2, 0.25) is 0 Å². The van der Waals surface area contributed by atoms with E-state index in [1.54, 1.807) is 7.11 Å². The zero-order valence-corrected chi connectivity index (χ0v) is 15.7. The minimum absolute atomic E-state index is 0.00438. The smallest absolute Gasteiger partial charge is 0.309 e. The van der Waals surface area contributed by atoms with Crippen molar-refractivity contribution in [3.63, 3.8) is 0 Å². The standard InChI is InChI=1S/C21H27NO5/c1-26-18-8-3-2-5-14(18)9-10-22-19(23)13-27-21(25)17-11-15-6-4-7-16(12-17)20(15)24/h2-3,5,8,15-17H,4,6-7,9-13H2,1H3,(H,22,23)/t15-,16+,17?. The molecule has 2 bridgehead atoms. The number of fused-ring (bicyclic) bond motifs is 2. The lowest BCUT2D eigenvalue weighted by molar-refractivity contribution is -0.156. The van der Waals surface area contributed by atoms with Gasteiger partial charge in [-0.25, -0.2) is 0 Å². The highest BCUT2D eigenvalue weighted by Gasteiger charge is 2.41. The van der Waals surface area contributed by atoms with Crippen LogP contribution in [0.25, 0.3) is 0 Å². The lowest BCUT2D eigenvalue weighted by Crippen LogP contribution is -2.40. The average Bonchev–Trinajstić information content (AvgIpc) is 2.66. The molecule has 2 saturated carbocycles. The minimum atomic E-state index is -0.348. The molecule has 146 valence electrons. The molecule has 2 aliphatic carbocycles. The van der Waals surface area contributed by atoms with Crippen LogP contribution in [0.4, 0.5) is 0 Å². The number of ether oxygens (including phenoxy) is 2. The van der Waals surface area contributed by atoms with E-state index in [0.29, 0.717) is 31.6 Å². The molecule has 1 N–H and O–H groups in total. The number of nitrogens with one attached hydrogen (secondary N) is 1. The van der Waals surface area contributed by atoms with Gasteiger partial charge in [0.1, 0.15) is 11.5 Å². The number of carbonyl (C=O) groups excluding carboxylic acids is 3. The van der Waals surface area contributed by atoms with Gasteiger partial charge in [-0.1, -0.05) is 24.6 Å². The first-order valence-corrected chi connectivity index (χ1v) is 9.67. The third kappa shape index (κ3) is 4.87. The number of Topliss-reactive ketones (excluding diaryl/α,β-unsaturated/α-hetero) is 1. The fourth-order valence-electron chi connectivity index (χ4n) is 4.22. The van der Waals surface area contributed by atoms with E-state index in [1.165, 1.54) is 0 Å². The van der Waals surface area contributed by atoms with E-state index in [4.69, 9.17) is 9.47 Å².